The van der Waals surface area contributed by atoms with Crippen molar-refractivity contribution in [2.45, 2.75) is 246 Å². The van der Waals surface area contributed by atoms with Gasteiger partial charge in [-0.3, -0.25) is 0 Å². The van der Waals surface area contributed by atoms with E-state index in [1.807, 2.05) is 0 Å². The zero-order valence-corrected chi connectivity index (χ0v) is 46.9. The highest BCUT2D eigenvalue weighted by molar-refractivity contribution is 5.03. The first-order valence-corrected chi connectivity index (χ1v) is 28.5. The molecule has 40 atom stereocenters. The Labute approximate surface area is 506 Å². The fourth-order valence-corrected chi connectivity index (χ4v) is 12.0. The Hall–Kier alpha value is -2.25. The van der Waals surface area contributed by atoms with E-state index in [1.54, 1.807) is 0 Å². The quantitative estimate of drug-likeness (QED) is 0.0579. The molecule has 0 radical (unpaired) electrons. The molecule has 0 aromatic carbocycles. The molecule has 0 saturated carbocycles. The fraction of sp³-hybridized carbons (Fsp3) is 1.00. The van der Waals surface area contributed by atoms with Crippen LogP contribution in [0.2, 0.25) is 0 Å². The molecule has 23 N–H and O–H groups in total. The standard InChI is InChI=1S/C48H79N3O39/c49-51-50-1-9-33-17(59)25(67)41(75-9)84-34-10(2-52)77-43(27(69)19(34)61)86-36-12(4-54)79-45(29(71)21(36)63)88-38-14(6-56)81-47(31(73)23(38)65)90-40-16(8-58)82-48(32(74)24(40)66)89-39-15(7-57)80-46(30(72)22(39)64)87-37-13(5-55)78-44(28(70)20(37)62)85-35-11(3-53)76-42(83-33)26(68)18(35)60/h9-48,52-74H,1-8H2. The third-order valence-corrected chi connectivity index (χ3v) is 17.0. The molecule has 0 spiro atoms. The zero-order chi connectivity index (χ0) is 65.5. The molecular weight excluding hydrogens is 1240 g/mol. The number of aliphatic hydroxyl groups is 23. The maximum Gasteiger partial charge on any atom is 0.187 e. The molecule has 30 rings (SSSR count). The summed E-state index contributed by atoms with van der Waals surface area (Å²) in [5.41, 5.74) is 9.24. The Morgan fingerprint density at radius 1 is 0.211 bits per heavy atom. The van der Waals surface area contributed by atoms with Gasteiger partial charge in [-0.25, -0.2) is 0 Å². The summed E-state index contributed by atoms with van der Waals surface area (Å²) in [5.74, 6) is 0. The summed E-state index contributed by atoms with van der Waals surface area (Å²) >= 11 is 0. The largest absolute Gasteiger partial charge is 0.394 e. The summed E-state index contributed by atoms with van der Waals surface area (Å²) < 4.78 is 91.5. The van der Waals surface area contributed by atoms with Crippen molar-refractivity contribution in [1.82, 2.24) is 0 Å². The minimum atomic E-state index is -2.27. The molecule has 0 aromatic rings. The number of aliphatic hydroxyl groups excluding tert-OH is 23. The van der Waals surface area contributed by atoms with Crippen LogP contribution in [0.25, 0.3) is 10.4 Å². The lowest BCUT2D eigenvalue weighted by atomic mass is 9.94. The van der Waals surface area contributed by atoms with Gasteiger partial charge in [0.1, 0.15) is 189 Å². The first-order chi connectivity index (χ1) is 42.9. The van der Waals surface area contributed by atoms with Crippen molar-refractivity contribution >= 4 is 0 Å². The molecule has 0 aromatic heterocycles. The highest BCUT2D eigenvalue weighted by atomic mass is 16.8. The van der Waals surface area contributed by atoms with Crippen LogP contribution in [0, 0.1) is 0 Å². The number of rotatable bonds is 9. The second-order valence-electron chi connectivity index (χ2n) is 22.7. The van der Waals surface area contributed by atoms with Gasteiger partial charge in [0.2, 0.25) is 0 Å². The normalized spacial score (nSPS) is 54.3. The van der Waals surface area contributed by atoms with Crippen LogP contribution in [0.15, 0.2) is 5.11 Å². The van der Waals surface area contributed by atoms with Gasteiger partial charge < -0.3 is 193 Å². The van der Waals surface area contributed by atoms with E-state index in [-0.39, 0.29) is 0 Å². The fourth-order valence-electron chi connectivity index (χ4n) is 12.0. The Morgan fingerprint density at radius 2 is 0.344 bits per heavy atom. The van der Waals surface area contributed by atoms with Crippen LogP contribution in [0.1, 0.15) is 0 Å². The molecule has 30 heterocycles. The molecular formula is C48H79N3O39. The minimum Gasteiger partial charge on any atom is -0.394 e. The SMILES string of the molecule is [N-]=[N+]=NCC1OC2OC3C(CO)OC(OC4C(CO)OC(OC5C(CO)OC(OC6C(CO)OC(OC7C(CO)OC(OC8C(CO)OC(OC9C(CO)OC(OC1C(O)C2O)C(O)C9O)C(O)C8O)C(O)C7O)C(O)C6O)C(O)C5O)C(O)C4O)C(O)C3O. The smallest absolute Gasteiger partial charge is 0.187 e. The summed E-state index contributed by atoms with van der Waals surface area (Å²) in [6, 6.07) is 0. The van der Waals surface area contributed by atoms with Crippen molar-refractivity contribution in [3.63, 3.8) is 0 Å². The maximum absolute atomic E-state index is 11.5. The summed E-state index contributed by atoms with van der Waals surface area (Å²) in [6.07, 6.45) is -82.4. The van der Waals surface area contributed by atoms with Crippen molar-refractivity contribution in [2.75, 3.05) is 52.8 Å². The van der Waals surface area contributed by atoms with Gasteiger partial charge in [-0.2, -0.15) is 0 Å². The van der Waals surface area contributed by atoms with Gasteiger partial charge in [0, 0.05) is 4.91 Å². The molecule has 42 heteroatoms. The third-order valence-electron chi connectivity index (χ3n) is 17.0. The van der Waals surface area contributed by atoms with Gasteiger partial charge in [-0.1, -0.05) is 5.11 Å². The second-order valence-corrected chi connectivity index (χ2v) is 22.7. The van der Waals surface area contributed by atoms with Crippen molar-refractivity contribution in [1.29, 1.82) is 0 Å². The van der Waals surface area contributed by atoms with E-state index in [9.17, 15) is 123 Å². The predicted octanol–water partition coefficient (Wildman–Crippen LogP) is -16.1. The lowest BCUT2D eigenvalue weighted by Gasteiger charge is -2.50. The minimum absolute atomic E-state index is 0.778. The number of hydrogen-bond donors (Lipinski definition) is 23. The van der Waals surface area contributed by atoms with Gasteiger partial charge >= 0.3 is 0 Å². The molecule has 0 aliphatic carbocycles. The summed E-state index contributed by atoms with van der Waals surface area (Å²) in [5, 5.41) is 259. The van der Waals surface area contributed by atoms with Crippen LogP contribution in [0.3, 0.4) is 0 Å². The Bertz CT molecular complexity index is 2280. The van der Waals surface area contributed by atoms with Crippen molar-refractivity contribution in [2.24, 2.45) is 5.11 Å². The van der Waals surface area contributed by atoms with Crippen molar-refractivity contribution in [3.8, 4) is 0 Å². The second kappa shape index (κ2) is 30.9. The molecule has 30 aliphatic heterocycles. The molecule has 30 fully saturated rings. The number of nitrogens with zero attached hydrogens (tertiary/aromatic N) is 3. The monoisotopic (exact) mass is 1320 g/mol. The van der Waals surface area contributed by atoms with Crippen LogP contribution in [-0.4, -0.2) is 416 Å². The van der Waals surface area contributed by atoms with E-state index in [1.165, 1.54) is 0 Å². The highest BCUT2D eigenvalue weighted by Gasteiger charge is 2.60. The van der Waals surface area contributed by atoms with Gasteiger partial charge in [-0.05, 0) is 5.53 Å². The highest BCUT2D eigenvalue weighted by Crippen LogP contribution is 2.40. The Morgan fingerprint density at radius 3 is 0.478 bits per heavy atom. The molecule has 30 saturated heterocycles. The van der Waals surface area contributed by atoms with Crippen molar-refractivity contribution < 1.29 is 193 Å². The average Bonchev–Trinajstić information content (AvgIpc) is 0.796. The first-order valence-electron chi connectivity index (χ1n) is 28.5. The summed E-state index contributed by atoms with van der Waals surface area (Å²) in [7, 11) is 0. The van der Waals surface area contributed by atoms with E-state index in [0.717, 1.165) is 0 Å². The predicted molar refractivity (Wildman–Crippen MR) is 268 cm³/mol. The van der Waals surface area contributed by atoms with Crippen LogP contribution >= 0.6 is 0 Å². The molecule has 42 nitrogen and oxygen atoms in total. The molecule has 30 aliphatic rings. The van der Waals surface area contributed by atoms with E-state index in [4.69, 9.17) is 75.8 Å². The lowest BCUT2D eigenvalue weighted by molar-refractivity contribution is -0.403. The topological polar surface area (TPSA) is 662 Å². The molecule has 520 valence electrons. The van der Waals surface area contributed by atoms with Crippen LogP contribution in [-0.2, 0) is 75.8 Å². The third kappa shape index (κ3) is 14.3. The average molecular weight is 1320 g/mol. The van der Waals surface area contributed by atoms with Gasteiger partial charge in [0.05, 0.1) is 58.9 Å². The number of ether oxygens (including phenoxy) is 16. The van der Waals surface area contributed by atoms with E-state index < -0.39 is 298 Å². The molecule has 90 heavy (non-hydrogen) atoms. The molecule has 40 unspecified atom stereocenters. The van der Waals surface area contributed by atoms with Gasteiger partial charge in [0.25, 0.3) is 0 Å². The van der Waals surface area contributed by atoms with Gasteiger partial charge in [0.15, 0.2) is 50.3 Å². The Balaban J connectivity index is 0.986. The maximum atomic E-state index is 11.5. The van der Waals surface area contributed by atoms with Crippen LogP contribution < -0.4 is 0 Å². The van der Waals surface area contributed by atoms with E-state index >= 15 is 0 Å². The number of azide groups is 1. The number of hydrogen-bond acceptors (Lipinski definition) is 40. The first kappa shape index (κ1) is 72.0. The van der Waals surface area contributed by atoms with Crippen LogP contribution in [0.5, 0.6) is 0 Å². The Kier molecular flexibility index (Phi) is 24.7. The van der Waals surface area contributed by atoms with Crippen molar-refractivity contribution in [3.05, 3.63) is 10.4 Å². The lowest BCUT2D eigenvalue weighted by Crippen LogP contribution is -2.69. The molecule has 0 amide bonds. The summed E-state index contributed by atoms with van der Waals surface area (Å²) in [4.78, 5) is 2.64. The molecule has 16 bridgehead atoms. The van der Waals surface area contributed by atoms with Crippen LogP contribution in [0.4, 0.5) is 0 Å². The zero-order valence-electron chi connectivity index (χ0n) is 46.9. The van der Waals surface area contributed by atoms with E-state index in [2.05, 4.69) is 10.0 Å². The van der Waals surface area contributed by atoms with Gasteiger partial charge in [-0.15, -0.1) is 0 Å². The van der Waals surface area contributed by atoms with E-state index in [0.29, 0.717) is 0 Å². The summed E-state index contributed by atoms with van der Waals surface area (Å²) in [6.45, 7) is -8.40.